The lowest BCUT2D eigenvalue weighted by Gasteiger charge is -2.36. The fourth-order valence-corrected chi connectivity index (χ4v) is 5.32. The van der Waals surface area contributed by atoms with Crippen molar-refractivity contribution < 1.29 is 27.9 Å². The number of amides is 2. The molecule has 1 spiro atoms. The van der Waals surface area contributed by atoms with Crippen molar-refractivity contribution in [2.24, 2.45) is 5.41 Å². The average molecular weight is 529 g/mol. The van der Waals surface area contributed by atoms with Gasteiger partial charge in [-0.3, -0.25) is 9.59 Å². The van der Waals surface area contributed by atoms with Gasteiger partial charge in [0.25, 0.3) is 5.91 Å². The molecule has 2 amide bonds. The van der Waals surface area contributed by atoms with Crippen LogP contribution in [0, 0.1) is 17.0 Å². The quantitative estimate of drug-likeness (QED) is 0.285. The summed E-state index contributed by atoms with van der Waals surface area (Å²) in [7, 11) is 0. The molecular weight excluding hydrogens is 506 g/mol. The number of carbonyl (C=O) groups excluding carboxylic acids is 3. The zero-order valence-electron chi connectivity index (χ0n) is 19.6. The molecule has 0 bridgehead atoms. The molecule has 0 radical (unpaired) electrons. The molecule has 0 atom stereocenters. The van der Waals surface area contributed by atoms with Crippen LogP contribution in [0.5, 0.6) is 5.75 Å². The van der Waals surface area contributed by atoms with E-state index in [0.29, 0.717) is 44.4 Å². The maximum atomic E-state index is 13.8. The topological polar surface area (TPSA) is 104 Å². The first-order chi connectivity index (χ1) is 17.8. The number of anilines is 1. The summed E-state index contributed by atoms with van der Waals surface area (Å²) in [4.78, 5) is 46.8. The number of H-pyrrole nitrogens is 1. The van der Waals surface area contributed by atoms with Crippen molar-refractivity contribution in [3.05, 3.63) is 76.8 Å². The third-order valence-electron chi connectivity index (χ3n) is 7.08. The van der Waals surface area contributed by atoms with Crippen molar-refractivity contribution in [2.45, 2.75) is 38.1 Å². The highest BCUT2D eigenvalue weighted by atomic mass is 35.5. The maximum Gasteiger partial charge on any atom is 0.364 e. The smallest absolute Gasteiger partial charge is 0.364 e. The highest BCUT2D eigenvalue weighted by molar-refractivity contribution is 6.34. The molecule has 1 aromatic heterocycles. The second kappa shape index (κ2) is 9.93. The van der Waals surface area contributed by atoms with Crippen LogP contribution in [0.25, 0.3) is 0 Å². The van der Waals surface area contributed by atoms with Gasteiger partial charge in [-0.15, -0.1) is 0 Å². The summed E-state index contributed by atoms with van der Waals surface area (Å²) >= 11 is 6.09. The normalized spacial score (nSPS) is 21.3. The number of ether oxygens (including phenoxy) is 1. The summed E-state index contributed by atoms with van der Waals surface area (Å²) in [6, 6.07) is 10.1. The Bertz CT molecular complexity index is 1360. The summed E-state index contributed by atoms with van der Waals surface area (Å²) in [6.45, 7) is 0.349. The van der Waals surface area contributed by atoms with Gasteiger partial charge in [-0.05, 0) is 50.3 Å². The van der Waals surface area contributed by atoms with E-state index in [4.69, 9.17) is 16.3 Å². The van der Waals surface area contributed by atoms with Crippen LogP contribution in [0.15, 0.2) is 48.8 Å². The summed E-state index contributed by atoms with van der Waals surface area (Å²) in [5.41, 5.74) is -0.614. The Labute approximate surface area is 216 Å². The molecule has 37 heavy (non-hydrogen) atoms. The lowest BCUT2D eigenvalue weighted by atomic mass is 9.71. The number of imidazole rings is 1. The molecule has 8 nitrogen and oxygen atoms in total. The van der Waals surface area contributed by atoms with Crippen molar-refractivity contribution in [3.63, 3.8) is 0 Å². The Kier molecular flexibility index (Phi) is 6.68. The van der Waals surface area contributed by atoms with Gasteiger partial charge in [0.05, 0.1) is 22.5 Å². The number of esters is 1. The molecule has 1 saturated heterocycles. The highest BCUT2D eigenvalue weighted by Gasteiger charge is 2.49. The predicted octanol–water partition coefficient (Wildman–Crippen LogP) is 4.66. The number of carbonyl (C=O) groups is 3. The van der Waals surface area contributed by atoms with Crippen molar-refractivity contribution in [2.75, 3.05) is 11.4 Å². The summed E-state index contributed by atoms with van der Waals surface area (Å²) in [6.07, 6.45) is 3.91. The van der Waals surface area contributed by atoms with Crippen LogP contribution in [0.3, 0.4) is 0 Å². The van der Waals surface area contributed by atoms with E-state index < -0.39 is 28.9 Å². The fraction of sp³-hybridized carbons (Fsp3) is 0.308. The van der Waals surface area contributed by atoms with Gasteiger partial charge in [0.1, 0.15) is 11.4 Å². The Morgan fingerprint density at radius 2 is 1.81 bits per heavy atom. The number of aromatic amines is 1. The first-order valence-corrected chi connectivity index (χ1v) is 12.2. The number of hydrogen-bond donors (Lipinski definition) is 2. The molecule has 3 aromatic rings. The van der Waals surface area contributed by atoms with E-state index in [1.165, 1.54) is 11.2 Å². The number of halogens is 3. The van der Waals surface area contributed by atoms with E-state index in [1.54, 1.807) is 30.3 Å². The number of benzene rings is 2. The van der Waals surface area contributed by atoms with Crippen LogP contribution in [-0.2, 0) is 4.79 Å². The minimum absolute atomic E-state index is 0.00249. The molecule has 192 valence electrons. The Hall–Kier alpha value is -3.79. The molecule has 2 heterocycles. The van der Waals surface area contributed by atoms with Crippen LogP contribution in [-0.4, -0.2) is 40.3 Å². The van der Waals surface area contributed by atoms with Gasteiger partial charge in [-0.25, -0.2) is 18.6 Å². The Morgan fingerprint density at radius 1 is 1.11 bits per heavy atom. The molecule has 5 rings (SSSR count). The zero-order chi connectivity index (χ0) is 26.2. The molecule has 2 aliphatic rings. The van der Waals surface area contributed by atoms with Crippen molar-refractivity contribution in [3.8, 4) is 5.75 Å². The van der Waals surface area contributed by atoms with Crippen molar-refractivity contribution in [1.29, 1.82) is 0 Å². The second-order valence-corrected chi connectivity index (χ2v) is 9.69. The highest BCUT2D eigenvalue weighted by Crippen LogP contribution is 2.47. The number of aromatic nitrogens is 2. The van der Waals surface area contributed by atoms with E-state index in [0.717, 1.165) is 12.1 Å². The van der Waals surface area contributed by atoms with Gasteiger partial charge in [0.15, 0.2) is 17.3 Å². The molecule has 0 unspecified atom stereocenters. The molecule has 11 heteroatoms. The minimum atomic E-state index is -1.07. The van der Waals surface area contributed by atoms with Gasteiger partial charge in [-0.1, -0.05) is 29.8 Å². The molecule has 1 aliphatic heterocycles. The van der Waals surface area contributed by atoms with E-state index >= 15 is 0 Å². The largest absolute Gasteiger partial charge is 0.422 e. The van der Waals surface area contributed by atoms with E-state index in [1.807, 2.05) is 0 Å². The first kappa shape index (κ1) is 24.9. The average Bonchev–Trinajstić information content (AvgIpc) is 3.50. The summed E-state index contributed by atoms with van der Waals surface area (Å²) in [5.74, 6) is -3.23. The molecular formula is C26H23ClF2N4O4. The van der Waals surface area contributed by atoms with Gasteiger partial charge in [-0.2, -0.15) is 0 Å². The molecule has 1 saturated carbocycles. The lowest BCUT2D eigenvalue weighted by molar-refractivity contribution is -0.127. The number of nitrogens with zero attached hydrogens (tertiary/aromatic N) is 2. The van der Waals surface area contributed by atoms with E-state index in [2.05, 4.69) is 15.3 Å². The summed E-state index contributed by atoms with van der Waals surface area (Å²) < 4.78 is 32.6. The van der Waals surface area contributed by atoms with Crippen LogP contribution in [0.4, 0.5) is 14.5 Å². The van der Waals surface area contributed by atoms with E-state index in [-0.39, 0.29) is 34.0 Å². The first-order valence-electron chi connectivity index (χ1n) is 11.9. The maximum absolute atomic E-state index is 13.8. The lowest BCUT2D eigenvalue weighted by Crippen LogP contribution is -2.44. The third-order valence-corrected chi connectivity index (χ3v) is 7.39. The minimum Gasteiger partial charge on any atom is -0.422 e. The molecule has 2 fully saturated rings. The monoisotopic (exact) mass is 528 g/mol. The van der Waals surface area contributed by atoms with Crippen LogP contribution < -0.4 is 15.0 Å². The molecule has 1 aliphatic carbocycles. The molecule has 2 aromatic carbocycles. The second-order valence-electron chi connectivity index (χ2n) is 9.28. The number of para-hydroxylation sites is 1. The Balaban J connectivity index is 1.21. The van der Waals surface area contributed by atoms with Crippen LogP contribution >= 0.6 is 11.6 Å². The van der Waals surface area contributed by atoms with Gasteiger partial charge >= 0.3 is 5.97 Å². The fourth-order valence-electron chi connectivity index (χ4n) is 5.07. The Morgan fingerprint density at radius 3 is 2.54 bits per heavy atom. The SMILES string of the molecule is O=C(Oc1ccccc1)c1nc[nH]c1C(=O)N[C@H]1CC[C@@]2(CCN(c3cc(F)c(F)cc3Cl)C2=O)CC1. The van der Waals surface area contributed by atoms with Crippen molar-refractivity contribution >= 4 is 35.1 Å². The number of nitrogens with one attached hydrogen (secondary N) is 2. The van der Waals surface area contributed by atoms with Gasteiger partial charge in [0, 0.05) is 18.7 Å². The zero-order valence-corrected chi connectivity index (χ0v) is 20.4. The third kappa shape index (κ3) is 4.81. The van der Waals surface area contributed by atoms with Crippen molar-refractivity contribution in [1.82, 2.24) is 15.3 Å². The number of rotatable bonds is 5. The molecule has 2 N–H and O–H groups in total. The van der Waals surface area contributed by atoms with Crippen LogP contribution in [0.1, 0.15) is 53.1 Å². The number of hydrogen-bond acceptors (Lipinski definition) is 5. The van der Waals surface area contributed by atoms with Gasteiger partial charge < -0.3 is 19.9 Å². The van der Waals surface area contributed by atoms with Crippen LogP contribution in [0.2, 0.25) is 5.02 Å². The summed E-state index contributed by atoms with van der Waals surface area (Å²) in [5, 5.41) is 2.89. The van der Waals surface area contributed by atoms with E-state index in [9.17, 15) is 23.2 Å². The standard InChI is InChI=1S/C26H23ClF2N4O4/c27-17-12-18(28)19(29)13-20(17)33-11-10-26(25(33)36)8-6-15(7-9-26)32-23(34)21-22(31-14-30-21)24(35)37-16-4-2-1-3-5-16/h1-5,12-15H,6-11H2,(H,30,31)(H,32,34)/t15-,26-. The predicted molar refractivity (Wildman–Crippen MR) is 130 cm³/mol. The van der Waals surface area contributed by atoms with Gasteiger partial charge in [0.2, 0.25) is 5.91 Å².